The van der Waals surface area contributed by atoms with Crippen LogP contribution in [0.5, 0.6) is 0 Å². The summed E-state index contributed by atoms with van der Waals surface area (Å²) in [5.41, 5.74) is 0.463. The Kier molecular flexibility index (Phi) is 7.62. The van der Waals surface area contributed by atoms with Crippen LogP contribution in [0.3, 0.4) is 0 Å². The third kappa shape index (κ3) is 6.08. The highest BCUT2D eigenvalue weighted by Crippen LogP contribution is 2.29. The van der Waals surface area contributed by atoms with E-state index in [-0.39, 0.29) is 49.5 Å². The molecular weight excluding hydrogens is 421 g/mol. The van der Waals surface area contributed by atoms with Gasteiger partial charge in [-0.1, -0.05) is 18.2 Å². The van der Waals surface area contributed by atoms with Crippen molar-refractivity contribution in [1.82, 2.24) is 15.2 Å². The summed E-state index contributed by atoms with van der Waals surface area (Å²) >= 11 is 1.60. The fourth-order valence-corrected chi connectivity index (χ4v) is 4.89. The van der Waals surface area contributed by atoms with E-state index in [0.717, 1.165) is 17.8 Å². The van der Waals surface area contributed by atoms with E-state index < -0.39 is 6.10 Å². The second-order valence-corrected chi connectivity index (χ2v) is 9.04. The van der Waals surface area contributed by atoms with Gasteiger partial charge in [0.25, 0.3) is 0 Å². The topological polar surface area (TPSA) is 83.9 Å². The predicted octanol–water partition coefficient (Wildman–Crippen LogP) is 2.10. The number of halogens is 1. The van der Waals surface area contributed by atoms with Crippen LogP contribution >= 0.6 is 11.3 Å². The first-order chi connectivity index (χ1) is 15.1. The quantitative estimate of drug-likeness (QED) is 0.703. The Morgan fingerprint density at radius 2 is 2.19 bits per heavy atom. The smallest absolute Gasteiger partial charge is 0.222 e. The second-order valence-electron chi connectivity index (χ2n) is 8.06. The Labute approximate surface area is 185 Å². The zero-order valence-corrected chi connectivity index (χ0v) is 18.1. The molecule has 0 spiro atoms. The maximum absolute atomic E-state index is 13.7. The van der Waals surface area contributed by atoms with Gasteiger partial charge in [-0.15, -0.1) is 11.3 Å². The maximum atomic E-state index is 13.7. The molecule has 2 fully saturated rings. The maximum Gasteiger partial charge on any atom is 0.222 e. The van der Waals surface area contributed by atoms with E-state index in [1.807, 2.05) is 5.38 Å². The van der Waals surface area contributed by atoms with Crippen molar-refractivity contribution < 1.29 is 23.8 Å². The summed E-state index contributed by atoms with van der Waals surface area (Å²) in [4.78, 5) is 19.0. The Balaban J connectivity index is 1.33. The zero-order valence-electron chi connectivity index (χ0n) is 17.3. The molecule has 2 aliphatic rings. The molecule has 7 nitrogen and oxygen atoms in total. The monoisotopic (exact) mass is 449 g/mol. The number of hydrogen-bond donors (Lipinski definition) is 2. The van der Waals surface area contributed by atoms with Crippen LogP contribution in [0.4, 0.5) is 4.39 Å². The number of carbonyl (C=O) groups is 1. The molecule has 1 aromatic heterocycles. The number of ether oxygens (including phenoxy) is 2. The molecule has 31 heavy (non-hydrogen) atoms. The molecule has 0 aliphatic carbocycles. The number of nitrogens with zero attached hydrogens (tertiary/aromatic N) is 2. The number of rotatable bonds is 6. The van der Waals surface area contributed by atoms with E-state index >= 15 is 0 Å². The van der Waals surface area contributed by atoms with Crippen molar-refractivity contribution in [2.75, 3.05) is 19.8 Å². The van der Waals surface area contributed by atoms with E-state index in [9.17, 15) is 14.3 Å². The fourth-order valence-electron chi connectivity index (χ4n) is 4.25. The van der Waals surface area contributed by atoms with E-state index in [1.165, 1.54) is 6.07 Å². The van der Waals surface area contributed by atoms with Gasteiger partial charge in [0.15, 0.2) is 0 Å². The van der Waals surface area contributed by atoms with Gasteiger partial charge in [0.2, 0.25) is 5.91 Å². The molecule has 1 amide bonds. The number of amides is 1. The number of aromatic nitrogens is 1. The highest BCUT2D eigenvalue weighted by atomic mass is 32.1. The van der Waals surface area contributed by atoms with Gasteiger partial charge >= 0.3 is 0 Å². The third-order valence-corrected chi connectivity index (χ3v) is 6.52. The van der Waals surface area contributed by atoms with Crippen LogP contribution in [-0.4, -0.2) is 65.0 Å². The van der Waals surface area contributed by atoms with Gasteiger partial charge in [-0.3, -0.25) is 9.69 Å². The number of nitrogens with one attached hydrogen (secondary N) is 1. The van der Waals surface area contributed by atoms with Crippen LogP contribution in [0.1, 0.15) is 29.8 Å². The van der Waals surface area contributed by atoms with Crippen molar-refractivity contribution >= 4 is 17.2 Å². The molecule has 0 unspecified atom stereocenters. The van der Waals surface area contributed by atoms with Crippen LogP contribution in [-0.2, 0) is 27.4 Å². The van der Waals surface area contributed by atoms with Crippen LogP contribution < -0.4 is 5.32 Å². The van der Waals surface area contributed by atoms with E-state index in [2.05, 4.69) is 15.2 Å². The average Bonchev–Trinajstić information content (AvgIpc) is 3.25. The summed E-state index contributed by atoms with van der Waals surface area (Å²) in [7, 11) is 0. The van der Waals surface area contributed by atoms with Gasteiger partial charge in [0.1, 0.15) is 10.8 Å². The highest BCUT2D eigenvalue weighted by molar-refractivity contribution is 7.09. The Hall–Kier alpha value is -1.91. The van der Waals surface area contributed by atoms with E-state index in [4.69, 9.17) is 9.47 Å². The van der Waals surface area contributed by atoms with Gasteiger partial charge in [0, 0.05) is 36.3 Å². The number of β-amino-alcohol motifs (C(OH)–C–C–N with tert-alkyl or cyclic N) is 1. The lowest BCUT2D eigenvalue weighted by molar-refractivity contribution is -0.158. The first kappa shape index (κ1) is 22.3. The lowest BCUT2D eigenvalue weighted by atomic mass is 9.94. The lowest BCUT2D eigenvalue weighted by Crippen LogP contribution is -2.55. The second kappa shape index (κ2) is 10.6. The molecule has 0 radical (unpaired) electrons. The minimum absolute atomic E-state index is 0.0941. The summed E-state index contributed by atoms with van der Waals surface area (Å²) in [5, 5.41) is 16.0. The van der Waals surface area contributed by atoms with Crippen molar-refractivity contribution in [2.45, 2.75) is 56.7 Å². The fraction of sp³-hybridized carbons (Fsp3) is 0.545. The molecule has 2 N–H and O–H groups in total. The number of fused-ring (bicyclic) bond motifs is 1. The molecule has 3 heterocycles. The molecule has 168 valence electrons. The molecule has 4 rings (SSSR count). The zero-order chi connectivity index (χ0) is 21.6. The standard InChI is InChI=1S/C22H28FN3O4S/c23-18-4-2-1-3-15(18)10-25-21(28)9-17-5-6-19-20(30-17)14-29-13-16(27)11-26(19)12-22-24-7-8-31-22/h1-4,7-8,16-17,19-20,27H,5-6,9-14H2,(H,25,28)/t16-,17+,19-,20+/m0/s1. The molecule has 9 heteroatoms. The lowest BCUT2D eigenvalue weighted by Gasteiger charge is -2.44. The van der Waals surface area contributed by atoms with Crippen molar-refractivity contribution in [3.8, 4) is 0 Å². The van der Waals surface area contributed by atoms with Gasteiger partial charge in [-0.05, 0) is 18.9 Å². The molecule has 0 bridgehead atoms. The number of benzene rings is 1. The summed E-state index contributed by atoms with van der Waals surface area (Å²) < 4.78 is 25.7. The normalized spacial score (nSPS) is 27.2. The van der Waals surface area contributed by atoms with Crippen molar-refractivity contribution in [3.05, 3.63) is 52.2 Å². The third-order valence-electron chi connectivity index (χ3n) is 5.76. The van der Waals surface area contributed by atoms with Gasteiger partial charge in [-0.25, -0.2) is 9.37 Å². The van der Waals surface area contributed by atoms with Crippen LogP contribution in [0, 0.1) is 5.82 Å². The summed E-state index contributed by atoms with van der Waals surface area (Å²) in [6.45, 7) is 1.95. The minimum atomic E-state index is -0.553. The minimum Gasteiger partial charge on any atom is -0.389 e. The van der Waals surface area contributed by atoms with Crippen molar-refractivity contribution in [2.24, 2.45) is 0 Å². The first-order valence-electron chi connectivity index (χ1n) is 10.6. The predicted molar refractivity (Wildman–Crippen MR) is 114 cm³/mol. The summed E-state index contributed by atoms with van der Waals surface area (Å²) in [6.07, 6.45) is 2.65. The first-order valence-corrected chi connectivity index (χ1v) is 11.5. The Bertz CT molecular complexity index is 853. The number of aliphatic hydroxyl groups is 1. The van der Waals surface area contributed by atoms with Gasteiger partial charge in [-0.2, -0.15) is 0 Å². The molecule has 4 atom stereocenters. The van der Waals surface area contributed by atoms with Gasteiger partial charge in [0.05, 0.1) is 44.5 Å². The van der Waals surface area contributed by atoms with E-state index in [0.29, 0.717) is 25.3 Å². The number of thiazole rings is 1. The number of hydrogen-bond acceptors (Lipinski definition) is 7. The van der Waals surface area contributed by atoms with Crippen molar-refractivity contribution in [1.29, 1.82) is 0 Å². The highest BCUT2D eigenvalue weighted by Gasteiger charge is 2.38. The average molecular weight is 450 g/mol. The largest absolute Gasteiger partial charge is 0.389 e. The van der Waals surface area contributed by atoms with Crippen molar-refractivity contribution in [3.63, 3.8) is 0 Å². The van der Waals surface area contributed by atoms with Crippen LogP contribution in [0.2, 0.25) is 0 Å². The molecule has 0 saturated carbocycles. The Morgan fingerprint density at radius 1 is 1.32 bits per heavy atom. The van der Waals surface area contributed by atoms with Crippen LogP contribution in [0.25, 0.3) is 0 Å². The number of carbonyl (C=O) groups excluding carboxylic acids is 1. The molecular formula is C22H28FN3O4S. The number of aliphatic hydroxyl groups excluding tert-OH is 1. The summed E-state index contributed by atoms with van der Waals surface area (Å²) in [6, 6.07) is 6.51. The Morgan fingerprint density at radius 3 is 3.00 bits per heavy atom. The molecule has 2 aliphatic heterocycles. The molecule has 2 aromatic rings. The SMILES string of the molecule is O=C(C[C@H]1CC[C@H]2[C@@H](COC[C@@H](O)CN2Cc2nccs2)O1)NCc1ccccc1F. The molecule has 2 saturated heterocycles. The molecule has 1 aromatic carbocycles. The van der Waals surface area contributed by atoms with Gasteiger partial charge < -0.3 is 19.9 Å². The van der Waals surface area contributed by atoms with Crippen LogP contribution in [0.15, 0.2) is 35.8 Å². The van der Waals surface area contributed by atoms with E-state index in [1.54, 1.807) is 35.7 Å². The summed E-state index contributed by atoms with van der Waals surface area (Å²) in [5.74, 6) is -0.484.